The van der Waals surface area contributed by atoms with E-state index >= 15 is 0 Å². The molecule has 0 bridgehead atoms. The van der Waals surface area contributed by atoms with Gasteiger partial charge in [-0.1, -0.05) is 0 Å². The molecule has 0 atom stereocenters. The topological polar surface area (TPSA) is 50.2 Å². The fourth-order valence-electron chi connectivity index (χ4n) is 2.61. The zero-order chi connectivity index (χ0) is 13.8. The summed E-state index contributed by atoms with van der Waals surface area (Å²) in [7, 11) is 1.87. The SMILES string of the molecule is CCN(CC1CCNCC1)C(=O)c1cnn(C)c1C. The van der Waals surface area contributed by atoms with Crippen LogP contribution in [0.3, 0.4) is 0 Å². The Kier molecular flexibility index (Phi) is 4.58. The highest BCUT2D eigenvalue weighted by atomic mass is 16.2. The van der Waals surface area contributed by atoms with E-state index in [1.165, 1.54) is 0 Å². The lowest BCUT2D eigenvalue weighted by atomic mass is 9.97. The molecule has 1 saturated heterocycles. The number of amides is 1. The molecule has 0 aliphatic carbocycles. The molecule has 1 amide bonds. The molecule has 106 valence electrons. The maximum absolute atomic E-state index is 12.5. The molecule has 19 heavy (non-hydrogen) atoms. The summed E-state index contributed by atoms with van der Waals surface area (Å²) in [6.45, 7) is 7.76. The maximum atomic E-state index is 12.5. The third-order valence-corrected chi connectivity index (χ3v) is 4.07. The Morgan fingerprint density at radius 1 is 1.53 bits per heavy atom. The highest BCUT2D eigenvalue weighted by Gasteiger charge is 2.22. The molecular formula is C14H24N4O. The van der Waals surface area contributed by atoms with Crippen LogP contribution in [-0.4, -0.2) is 46.8 Å². The van der Waals surface area contributed by atoms with E-state index in [9.17, 15) is 4.79 Å². The number of aromatic nitrogens is 2. The van der Waals surface area contributed by atoms with Crippen LogP contribution in [0.4, 0.5) is 0 Å². The molecule has 0 aromatic carbocycles. The Balaban J connectivity index is 2.04. The normalized spacial score (nSPS) is 16.6. The first-order chi connectivity index (χ1) is 9.13. The average Bonchev–Trinajstić information content (AvgIpc) is 2.77. The largest absolute Gasteiger partial charge is 0.339 e. The van der Waals surface area contributed by atoms with E-state index < -0.39 is 0 Å². The van der Waals surface area contributed by atoms with Crippen LogP contribution in [0.5, 0.6) is 0 Å². The minimum absolute atomic E-state index is 0.117. The van der Waals surface area contributed by atoms with Crippen molar-refractivity contribution in [1.29, 1.82) is 0 Å². The number of hydrogen-bond donors (Lipinski definition) is 1. The highest BCUT2D eigenvalue weighted by molar-refractivity contribution is 5.95. The maximum Gasteiger partial charge on any atom is 0.257 e. The van der Waals surface area contributed by atoms with Crippen molar-refractivity contribution in [3.8, 4) is 0 Å². The number of hydrogen-bond acceptors (Lipinski definition) is 3. The van der Waals surface area contributed by atoms with Gasteiger partial charge in [-0.15, -0.1) is 0 Å². The fourth-order valence-corrected chi connectivity index (χ4v) is 2.61. The molecule has 1 fully saturated rings. The summed E-state index contributed by atoms with van der Waals surface area (Å²) in [6.07, 6.45) is 4.01. The molecule has 1 aliphatic heterocycles. The molecule has 0 radical (unpaired) electrons. The second-order valence-electron chi connectivity index (χ2n) is 5.30. The van der Waals surface area contributed by atoms with Gasteiger partial charge in [-0.3, -0.25) is 9.48 Å². The molecule has 2 rings (SSSR count). The van der Waals surface area contributed by atoms with Crippen molar-refractivity contribution in [3.05, 3.63) is 17.5 Å². The molecule has 2 heterocycles. The lowest BCUT2D eigenvalue weighted by Crippen LogP contribution is -2.39. The van der Waals surface area contributed by atoms with Crippen LogP contribution in [0.25, 0.3) is 0 Å². The van der Waals surface area contributed by atoms with E-state index in [1.807, 2.05) is 25.8 Å². The summed E-state index contributed by atoms with van der Waals surface area (Å²) < 4.78 is 1.76. The first-order valence-corrected chi connectivity index (χ1v) is 7.12. The van der Waals surface area contributed by atoms with Crippen molar-refractivity contribution in [2.45, 2.75) is 26.7 Å². The van der Waals surface area contributed by atoms with Crippen molar-refractivity contribution >= 4 is 5.91 Å². The van der Waals surface area contributed by atoms with Crippen LogP contribution in [0.15, 0.2) is 6.20 Å². The first-order valence-electron chi connectivity index (χ1n) is 7.12. The zero-order valence-corrected chi connectivity index (χ0v) is 12.1. The number of nitrogens with one attached hydrogen (secondary N) is 1. The molecule has 0 unspecified atom stereocenters. The van der Waals surface area contributed by atoms with E-state index in [-0.39, 0.29) is 5.91 Å². The standard InChI is InChI=1S/C14H24N4O/c1-4-18(10-12-5-7-15-8-6-12)14(19)13-9-16-17(3)11(13)2/h9,12,15H,4-8,10H2,1-3H3. The Labute approximate surface area is 115 Å². The number of carbonyl (C=O) groups excluding carboxylic acids is 1. The second kappa shape index (κ2) is 6.19. The second-order valence-corrected chi connectivity index (χ2v) is 5.30. The van der Waals surface area contributed by atoms with Crippen LogP contribution in [0.2, 0.25) is 0 Å². The lowest BCUT2D eigenvalue weighted by molar-refractivity contribution is 0.0726. The molecule has 5 nitrogen and oxygen atoms in total. The minimum atomic E-state index is 0.117. The number of nitrogens with zero attached hydrogens (tertiary/aromatic N) is 3. The van der Waals surface area contributed by atoms with Crippen molar-refractivity contribution in [2.75, 3.05) is 26.2 Å². The molecule has 5 heteroatoms. The quantitative estimate of drug-likeness (QED) is 0.888. The summed E-state index contributed by atoms with van der Waals surface area (Å²) >= 11 is 0. The van der Waals surface area contributed by atoms with Crippen molar-refractivity contribution < 1.29 is 4.79 Å². The van der Waals surface area contributed by atoms with Crippen molar-refractivity contribution in [1.82, 2.24) is 20.0 Å². The van der Waals surface area contributed by atoms with E-state index in [2.05, 4.69) is 10.4 Å². The highest BCUT2D eigenvalue weighted by Crippen LogP contribution is 2.16. The van der Waals surface area contributed by atoms with Crippen molar-refractivity contribution in [2.24, 2.45) is 13.0 Å². The molecule has 0 spiro atoms. The van der Waals surface area contributed by atoms with Crippen LogP contribution in [0, 0.1) is 12.8 Å². The van der Waals surface area contributed by atoms with Gasteiger partial charge in [0.2, 0.25) is 0 Å². The zero-order valence-electron chi connectivity index (χ0n) is 12.1. The van der Waals surface area contributed by atoms with Crippen LogP contribution in [0.1, 0.15) is 35.8 Å². The van der Waals surface area contributed by atoms with Gasteiger partial charge < -0.3 is 10.2 Å². The minimum Gasteiger partial charge on any atom is -0.339 e. The summed E-state index contributed by atoms with van der Waals surface area (Å²) in [5.74, 6) is 0.744. The summed E-state index contributed by atoms with van der Waals surface area (Å²) in [4.78, 5) is 14.5. The molecular weight excluding hydrogens is 240 g/mol. The van der Waals surface area contributed by atoms with Gasteiger partial charge in [0.1, 0.15) is 0 Å². The van der Waals surface area contributed by atoms with Crippen LogP contribution in [-0.2, 0) is 7.05 Å². The van der Waals surface area contributed by atoms with E-state index in [0.29, 0.717) is 5.92 Å². The molecule has 1 aromatic rings. The Morgan fingerprint density at radius 2 is 2.21 bits per heavy atom. The monoisotopic (exact) mass is 264 g/mol. The van der Waals surface area contributed by atoms with E-state index in [1.54, 1.807) is 10.9 Å². The number of aryl methyl sites for hydroxylation is 1. The van der Waals surface area contributed by atoms with E-state index in [0.717, 1.165) is 50.3 Å². The predicted octanol–water partition coefficient (Wildman–Crippen LogP) is 1.19. The summed E-state index contributed by atoms with van der Waals surface area (Å²) in [5, 5.41) is 7.52. The molecule has 1 aliphatic rings. The van der Waals surface area contributed by atoms with Gasteiger partial charge in [0.05, 0.1) is 11.8 Å². The molecule has 0 saturated carbocycles. The Morgan fingerprint density at radius 3 is 2.74 bits per heavy atom. The first kappa shape index (κ1) is 14.1. The Hall–Kier alpha value is -1.36. The van der Waals surface area contributed by atoms with Crippen molar-refractivity contribution in [3.63, 3.8) is 0 Å². The third kappa shape index (κ3) is 3.15. The molecule has 1 aromatic heterocycles. The number of piperidine rings is 1. The number of carbonyl (C=O) groups is 1. The third-order valence-electron chi connectivity index (χ3n) is 4.07. The predicted molar refractivity (Wildman–Crippen MR) is 75.1 cm³/mol. The van der Waals surface area contributed by atoms with Gasteiger partial charge in [-0.25, -0.2) is 0 Å². The van der Waals surface area contributed by atoms with Gasteiger partial charge in [0, 0.05) is 25.8 Å². The lowest BCUT2D eigenvalue weighted by Gasteiger charge is -2.29. The fraction of sp³-hybridized carbons (Fsp3) is 0.714. The summed E-state index contributed by atoms with van der Waals surface area (Å²) in [6, 6.07) is 0. The van der Waals surface area contributed by atoms with Gasteiger partial charge in [-0.05, 0) is 45.7 Å². The van der Waals surface area contributed by atoms with Gasteiger partial charge in [0.15, 0.2) is 0 Å². The van der Waals surface area contributed by atoms with Crippen LogP contribution >= 0.6 is 0 Å². The number of rotatable bonds is 4. The average molecular weight is 264 g/mol. The van der Waals surface area contributed by atoms with Gasteiger partial charge in [-0.2, -0.15) is 5.10 Å². The smallest absolute Gasteiger partial charge is 0.257 e. The Bertz CT molecular complexity index is 435. The molecule has 1 N–H and O–H groups in total. The summed E-state index contributed by atoms with van der Waals surface area (Å²) in [5.41, 5.74) is 1.67. The van der Waals surface area contributed by atoms with Gasteiger partial charge >= 0.3 is 0 Å². The van der Waals surface area contributed by atoms with Gasteiger partial charge in [0.25, 0.3) is 5.91 Å². The van der Waals surface area contributed by atoms with Crippen LogP contribution < -0.4 is 5.32 Å². The van der Waals surface area contributed by atoms with E-state index in [4.69, 9.17) is 0 Å².